The Hall–Kier alpha value is -1.70. The van der Waals surface area contributed by atoms with Crippen molar-refractivity contribution in [3.63, 3.8) is 0 Å². The van der Waals surface area contributed by atoms with Gasteiger partial charge in [-0.3, -0.25) is 14.5 Å². The molecule has 2 amide bonds. The summed E-state index contributed by atoms with van der Waals surface area (Å²) < 4.78 is 14.0. The Morgan fingerprint density at radius 2 is 2.24 bits per heavy atom. The second-order valence-electron chi connectivity index (χ2n) is 6.33. The Balaban J connectivity index is 2.03. The van der Waals surface area contributed by atoms with Crippen molar-refractivity contribution in [3.8, 4) is 0 Å². The summed E-state index contributed by atoms with van der Waals surface area (Å²) in [5, 5.41) is 5.88. The highest BCUT2D eigenvalue weighted by atomic mass is 35.5. The van der Waals surface area contributed by atoms with E-state index in [2.05, 4.69) is 10.6 Å². The molecule has 6 nitrogen and oxygen atoms in total. The van der Waals surface area contributed by atoms with E-state index < -0.39 is 11.9 Å². The summed E-state index contributed by atoms with van der Waals surface area (Å²) in [6.07, 6.45) is 0.0331. The van der Waals surface area contributed by atoms with E-state index in [0.29, 0.717) is 30.2 Å². The topological polar surface area (TPSA) is 64.7 Å². The average Bonchev–Trinajstić information content (AvgIpc) is 2.53. The molecule has 0 saturated carbocycles. The minimum atomic E-state index is -0.635. The smallest absolute Gasteiger partial charge is 0.237 e. The zero-order valence-electron chi connectivity index (χ0n) is 14.5. The lowest BCUT2D eigenvalue weighted by atomic mass is 10.1. The van der Waals surface area contributed by atoms with E-state index in [4.69, 9.17) is 11.6 Å². The third-order valence-electron chi connectivity index (χ3n) is 4.12. The summed E-state index contributed by atoms with van der Waals surface area (Å²) in [7, 11) is 3.83. The first-order chi connectivity index (χ1) is 11.9. The normalized spacial score (nSPS) is 18.3. The fourth-order valence-electron chi connectivity index (χ4n) is 2.73. The molecular weight excluding hydrogens is 347 g/mol. The summed E-state index contributed by atoms with van der Waals surface area (Å²) in [5.41, 5.74) is 0.344. The first-order valence-corrected chi connectivity index (χ1v) is 8.62. The average molecular weight is 371 g/mol. The van der Waals surface area contributed by atoms with Gasteiger partial charge in [0.1, 0.15) is 5.82 Å². The number of rotatable bonds is 7. The van der Waals surface area contributed by atoms with Crippen molar-refractivity contribution in [2.75, 3.05) is 40.3 Å². The summed E-state index contributed by atoms with van der Waals surface area (Å²) in [6.45, 7) is 2.42. The van der Waals surface area contributed by atoms with Gasteiger partial charge < -0.3 is 15.5 Å². The van der Waals surface area contributed by atoms with Crippen LogP contribution in [0.25, 0.3) is 0 Å². The van der Waals surface area contributed by atoms with Gasteiger partial charge in [-0.05, 0) is 26.2 Å². The number of nitrogens with zero attached hydrogens (tertiary/aromatic N) is 2. The van der Waals surface area contributed by atoms with E-state index >= 15 is 0 Å². The molecule has 1 aliphatic rings. The van der Waals surface area contributed by atoms with Gasteiger partial charge in [0.15, 0.2) is 0 Å². The minimum absolute atomic E-state index is 0.0331. The molecule has 2 N–H and O–H groups in total. The number of halogens is 2. The molecule has 1 aromatic rings. The predicted octanol–water partition coefficient (Wildman–Crippen LogP) is 0.847. The molecule has 1 aliphatic heterocycles. The van der Waals surface area contributed by atoms with E-state index in [-0.39, 0.29) is 24.8 Å². The molecule has 0 aliphatic carbocycles. The van der Waals surface area contributed by atoms with Gasteiger partial charge in [0.2, 0.25) is 11.8 Å². The maximum absolute atomic E-state index is 14.0. The van der Waals surface area contributed by atoms with Gasteiger partial charge in [-0.15, -0.1) is 0 Å². The molecule has 8 heteroatoms. The van der Waals surface area contributed by atoms with Gasteiger partial charge in [-0.2, -0.15) is 0 Å². The van der Waals surface area contributed by atoms with Crippen LogP contribution in [-0.4, -0.2) is 67.9 Å². The fourth-order valence-corrected chi connectivity index (χ4v) is 2.95. The largest absolute Gasteiger partial charge is 0.355 e. The van der Waals surface area contributed by atoms with Crippen LogP contribution in [0.15, 0.2) is 18.2 Å². The van der Waals surface area contributed by atoms with Crippen molar-refractivity contribution >= 4 is 23.4 Å². The number of amides is 2. The minimum Gasteiger partial charge on any atom is -0.355 e. The first kappa shape index (κ1) is 19.6. The Bertz CT molecular complexity index is 606. The number of carbonyl (C=O) groups excluding carboxylic acids is 2. The Morgan fingerprint density at radius 3 is 2.92 bits per heavy atom. The highest BCUT2D eigenvalue weighted by Gasteiger charge is 2.32. The number of nitrogens with one attached hydrogen (secondary N) is 2. The monoisotopic (exact) mass is 370 g/mol. The molecule has 0 unspecified atom stereocenters. The van der Waals surface area contributed by atoms with Gasteiger partial charge >= 0.3 is 0 Å². The van der Waals surface area contributed by atoms with Crippen LogP contribution in [0, 0.1) is 5.82 Å². The Labute approximate surface area is 152 Å². The van der Waals surface area contributed by atoms with Crippen molar-refractivity contribution in [2.24, 2.45) is 0 Å². The maximum Gasteiger partial charge on any atom is 0.237 e. The van der Waals surface area contributed by atoms with E-state index in [1.165, 1.54) is 6.07 Å². The SMILES string of the molecule is CN(C)CCNC(=O)C[C@H]1C(=O)NCCN1Cc1c(F)cccc1Cl. The Kier molecular flexibility index (Phi) is 7.16. The number of piperazine rings is 1. The number of hydrogen-bond donors (Lipinski definition) is 2. The molecule has 0 spiro atoms. The lowest BCUT2D eigenvalue weighted by Crippen LogP contribution is -2.56. The van der Waals surface area contributed by atoms with Gasteiger partial charge in [0.25, 0.3) is 0 Å². The molecule has 1 saturated heterocycles. The quantitative estimate of drug-likeness (QED) is 0.747. The van der Waals surface area contributed by atoms with Crippen LogP contribution in [0.5, 0.6) is 0 Å². The molecule has 1 fully saturated rings. The molecule has 0 bridgehead atoms. The highest BCUT2D eigenvalue weighted by molar-refractivity contribution is 6.31. The molecule has 2 rings (SSSR count). The number of hydrogen-bond acceptors (Lipinski definition) is 4. The van der Waals surface area contributed by atoms with Gasteiger partial charge in [0.05, 0.1) is 12.5 Å². The second kappa shape index (κ2) is 9.12. The first-order valence-electron chi connectivity index (χ1n) is 8.24. The van der Waals surface area contributed by atoms with E-state index in [0.717, 1.165) is 6.54 Å². The molecule has 0 aromatic heterocycles. The second-order valence-corrected chi connectivity index (χ2v) is 6.74. The van der Waals surface area contributed by atoms with Crippen molar-refractivity contribution < 1.29 is 14.0 Å². The van der Waals surface area contributed by atoms with Crippen molar-refractivity contribution in [3.05, 3.63) is 34.6 Å². The lowest BCUT2D eigenvalue weighted by molar-refractivity contribution is -0.134. The third-order valence-corrected chi connectivity index (χ3v) is 4.48. The Morgan fingerprint density at radius 1 is 1.48 bits per heavy atom. The number of likely N-dealkylation sites (N-methyl/N-ethyl adjacent to an activating group) is 1. The van der Waals surface area contributed by atoms with Crippen LogP contribution in [0.3, 0.4) is 0 Å². The van der Waals surface area contributed by atoms with E-state index in [1.54, 1.807) is 17.0 Å². The predicted molar refractivity (Wildman–Crippen MR) is 94.8 cm³/mol. The van der Waals surface area contributed by atoms with Crippen LogP contribution in [0.2, 0.25) is 5.02 Å². The van der Waals surface area contributed by atoms with E-state index in [1.807, 2.05) is 19.0 Å². The molecule has 1 heterocycles. The zero-order valence-corrected chi connectivity index (χ0v) is 15.3. The van der Waals surface area contributed by atoms with Crippen LogP contribution < -0.4 is 10.6 Å². The third kappa shape index (κ3) is 5.66. The summed E-state index contributed by atoms with van der Waals surface area (Å²) in [5.74, 6) is -0.831. The summed E-state index contributed by atoms with van der Waals surface area (Å²) in [4.78, 5) is 28.1. The maximum atomic E-state index is 14.0. The summed E-state index contributed by atoms with van der Waals surface area (Å²) in [6, 6.07) is 3.87. The van der Waals surface area contributed by atoms with Gasteiger partial charge in [-0.1, -0.05) is 17.7 Å². The molecule has 138 valence electrons. The number of benzene rings is 1. The van der Waals surface area contributed by atoms with Crippen molar-refractivity contribution in [1.29, 1.82) is 0 Å². The van der Waals surface area contributed by atoms with Crippen LogP contribution in [0.1, 0.15) is 12.0 Å². The van der Waals surface area contributed by atoms with Gasteiger partial charge in [0, 0.05) is 43.3 Å². The zero-order chi connectivity index (χ0) is 18.4. The van der Waals surface area contributed by atoms with Crippen LogP contribution in [0.4, 0.5) is 4.39 Å². The van der Waals surface area contributed by atoms with Crippen molar-refractivity contribution in [1.82, 2.24) is 20.4 Å². The molecule has 1 atom stereocenters. The standard InChI is InChI=1S/C17H24ClFN4O2/c1-22(2)8-6-20-16(24)10-15-17(25)21-7-9-23(15)11-12-13(18)4-3-5-14(12)19/h3-5,15H,6-11H2,1-2H3,(H,20,24)(H,21,25)/t15-/m0/s1. The van der Waals surface area contributed by atoms with Crippen molar-refractivity contribution in [2.45, 2.75) is 19.0 Å². The highest BCUT2D eigenvalue weighted by Crippen LogP contribution is 2.23. The molecular formula is C17H24ClFN4O2. The van der Waals surface area contributed by atoms with E-state index in [9.17, 15) is 14.0 Å². The lowest BCUT2D eigenvalue weighted by Gasteiger charge is -2.35. The molecule has 0 radical (unpaired) electrons. The molecule has 25 heavy (non-hydrogen) atoms. The fraction of sp³-hybridized carbons (Fsp3) is 0.529. The van der Waals surface area contributed by atoms with Crippen LogP contribution >= 0.6 is 11.6 Å². The molecule has 1 aromatic carbocycles. The van der Waals surface area contributed by atoms with Crippen LogP contribution in [-0.2, 0) is 16.1 Å². The van der Waals surface area contributed by atoms with Gasteiger partial charge in [-0.25, -0.2) is 4.39 Å². The number of carbonyl (C=O) groups is 2. The summed E-state index contributed by atoms with van der Waals surface area (Å²) >= 11 is 6.09.